The number of ether oxygens (including phenoxy) is 1. The van der Waals surface area contributed by atoms with Gasteiger partial charge in [0.2, 0.25) is 0 Å². The molecular weight excluding hydrogens is 364 g/mol. The van der Waals surface area contributed by atoms with E-state index in [0.29, 0.717) is 29.8 Å². The van der Waals surface area contributed by atoms with E-state index in [9.17, 15) is 13.6 Å². The monoisotopic (exact) mass is 383 g/mol. The number of hydrogen-bond acceptors (Lipinski definition) is 4. The van der Waals surface area contributed by atoms with E-state index >= 15 is 0 Å². The number of alkyl halides is 2. The Kier molecular flexibility index (Phi) is 5.16. The summed E-state index contributed by atoms with van der Waals surface area (Å²) >= 11 is 0. The van der Waals surface area contributed by atoms with Gasteiger partial charge in [-0.1, -0.05) is 30.3 Å². The molecule has 0 atom stereocenters. The lowest BCUT2D eigenvalue weighted by molar-refractivity contribution is 0.0820. The molecule has 2 N–H and O–H groups in total. The minimum absolute atomic E-state index is 0.0128. The molecule has 144 valence electrons. The van der Waals surface area contributed by atoms with Gasteiger partial charge in [-0.3, -0.25) is 9.78 Å². The van der Waals surface area contributed by atoms with Crippen LogP contribution in [0.15, 0.2) is 48.8 Å². The number of hydrogen-bond donors (Lipinski definition) is 2. The van der Waals surface area contributed by atoms with E-state index in [1.54, 1.807) is 12.3 Å². The number of aromatic amines is 1. The van der Waals surface area contributed by atoms with Crippen LogP contribution in [-0.4, -0.2) is 35.3 Å². The van der Waals surface area contributed by atoms with Crippen molar-refractivity contribution in [3.8, 4) is 17.0 Å². The lowest BCUT2D eigenvalue weighted by Crippen LogP contribution is -2.29. The molecule has 28 heavy (non-hydrogen) atoms. The summed E-state index contributed by atoms with van der Waals surface area (Å²) in [7, 11) is 0. The molecule has 1 aliphatic rings. The fourth-order valence-corrected chi connectivity index (χ4v) is 3.52. The number of nitrogens with one attached hydrogen (secondary N) is 2. The highest BCUT2D eigenvalue weighted by Gasteiger charge is 2.27. The van der Waals surface area contributed by atoms with Crippen molar-refractivity contribution < 1.29 is 18.3 Å². The van der Waals surface area contributed by atoms with E-state index in [-0.39, 0.29) is 18.1 Å². The number of nitrogens with zero attached hydrogens (tertiary/aromatic N) is 1. The summed E-state index contributed by atoms with van der Waals surface area (Å²) in [5, 5.41) is 3.08. The normalized spacial score (nSPS) is 13.6. The summed E-state index contributed by atoms with van der Waals surface area (Å²) in [5.74, 6) is 0.273. The Balaban J connectivity index is 1.82. The van der Waals surface area contributed by atoms with Gasteiger partial charge in [0.25, 0.3) is 6.43 Å². The molecule has 2 aromatic heterocycles. The molecule has 0 fully saturated rings. The van der Waals surface area contributed by atoms with E-state index in [1.807, 2.05) is 30.3 Å². The van der Waals surface area contributed by atoms with Crippen molar-refractivity contribution in [2.75, 3.05) is 13.2 Å². The van der Waals surface area contributed by atoms with E-state index in [4.69, 9.17) is 4.74 Å². The van der Waals surface area contributed by atoms with E-state index < -0.39 is 13.0 Å². The predicted molar refractivity (Wildman–Crippen MR) is 101 cm³/mol. The third-order valence-electron chi connectivity index (χ3n) is 4.69. The Hall–Kier alpha value is -3.06. The number of aromatic nitrogens is 2. The number of ketones is 1. The third-order valence-corrected chi connectivity index (χ3v) is 4.69. The van der Waals surface area contributed by atoms with Crippen LogP contribution in [-0.2, 0) is 13.0 Å². The zero-order valence-corrected chi connectivity index (χ0v) is 15.0. The quantitative estimate of drug-likeness (QED) is 0.683. The van der Waals surface area contributed by atoms with Gasteiger partial charge >= 0.3 is 0 Å². The van der Waals surface area contributed by atoms with Crippen LogP contribution in [0.4, 0.5) is 8.78 Å². The van der Waals surface area contributed by atoms with Crippen LogP contribution in [0, 0.1) is 0 Å². The first-order chi connectivity index (χ1) is 13.6. The molecule has 5 nitrogen and oxygen atoms in total. The van der Waals surface area contributed by atoms with Gasteiger partial charge < -0.3 is 15.0 Å². The predicted octanol–water partition coefficient (Wildman–Crippen LogP) is 3.60. The zero-order valence-electron chi connectivity index (χ0n) is 15.0. The summed E-state index contributed by atoms with van der Waals surface area (Å²) in [4.78, 5) is 19.9. The molecule has 3 heterocycles. The molecule has 0 unspecified atom stereocenters. The molecule has 3 aromatic rings. The molecule has 0 saturated heterocycles. The molecule has 0 radical (unpaired) electrons. The van der Waals surface area contributed by atoms with E-state index in [2.05, 4.69) is 15.3 Å². The zero-order chi connectivity index (χ0) is 19.5. The summed E-state index contributed by atoms with van der Waals surface area (Å²) in [6.07, 6.45) is 0.963. The molecule has 1 aromatic carbocycles. The molecule has 4 rings (SSSR count). The average molecular weight is 383 g/mol. The minimum atomic E-state index is -2.58. The summed E-state index contributed by atoms with van der Waals surface area (Å²) in [6.45, 7) is 0.103. The molecule has 0 amide bonds. The first-order valence-corrected chi connectivity index (χ1v) is 9.00. The SMILES string of the molecule is O=C1CNCc2[nH]c(-c3ccncc3OCC(F)F)c(Cc3ccccc3)c21. The van der Waals surface area contributed by atoms with Gasteiger partial charge in [0.05, 0.1) is 18.4 Å². The number of carbonyl (C=O) groups is 1. The smallest absolute Gasteiger partial charge is 0.272 e. The minimum Gasteiger partial charge on any atom is -0.485 e. The number of carbonyl (C=O) groups excluding carboxylic acids is 1. The van der Waals surface area contributed by atoms with Crippen molar-refractivity contribution in [3.05, 3.63) is 71.2 Å². The van der Waals surface area contributed by atoms with Gasteiger partial charge in [0.15, 0.2) is 5.78 Å². The van der Waals surface area contributed by atoms with Crippen LogP contribution in [0.3, 0.4) is 0 Å². The fourth-order valence-electron chi connectivity index (χ4n) is 3.52. The van der Waals surface area contributed by atoms with Crippen molar-refractivity contribution in [1.82, 2.24) is 15.3 Å². The maximum atomic E-state index is 12.7. The van der Waals surface area contributed by atoms with Gasteiger partial charge in [0.1, 0.15) is 12.4 Å². The highest BCUT2D eigenvalue weighted by Crippen LogP contribution is 2.36. The number of H-pyrrole nitrogens is 1. The van der Waals surface area contributed by atoms with Gasteiger partial charge in [-0.05, 0) is 17.2 Å². The van der Waals surface area contributed by atoms with Crippen LogP contribution >= 0.6 is 0 Å². The molecule has 7 heteroatoms. The number of halogens is 2. The molecular formula is C21H19F2N3O2. The maximum absolute atomic E-state index is 12.7. The average Bonchev–Trinajstić information content (AvgIpc) is 3.07. The van der Waals surface area contributed by atoms with Gasteiger partial charge in [-0.15, -0.1) is 0 Å². The Morgan fingerprint density at radius 2 is 1.96 bits per heavy atom. The number of pyridine rings is 1. The van der Waals surface area contributed by atoms with E-state index in [0.717, 1.165) is 16.8 Å². The second-order valence-electron chi connectivity index (χ2n) is 6.60. The van der Waals surface area contributed by atoms with Crippen LogP contribution in [0.2, 0.25) is 0 Å². The number of fused-ring (bicyclic) bond motifs is 1. The first-order valence-electron chi connectivity index (χ1n) is 9.00. The lowest BCUT2D eigenvalue weighted by atomic mass is 9.94. The topological polar surface area (TPSA) is 67.0 Å². The molecule has 1 aliphatic heterocycles. The van der Waals surface area contributed by atoms with Gasteiger partial charge in [-0.2, -0.15) is 0 Å². The number of benzene rings is 1. The molecule has 0 bridgehead atoms. The number of rotatable bonds is 6. The maximum Gasteiger partial charge on any atom is 0.272 e. The van der Waals surface area contributed by atoms with E-state index in [1.165, 1.54) is 6.20 Å². The van der Waals surface area contributed by atoms with Crippen LogP contribution < -0.4 is 10.1 Å². The third kappa shape index (κ3) is 3.66. The molecule has 0 saturated carbocycles. The highest BCUT2D eigenvalue weighted by atomic mass is 19.3. The van der Waals surface area contributed by atoms with Crippen molar-refractivity contribution in [2.24, 2.45) is 0 Å². The van der Waals surface area contributed by atoms with Crippen molar-refractivity contribution in [2.45, 2.75) is 19.4 Å². The number of Topliss-reactive ketones (excluding diaryl/α,β-unsaturated/α-hetero) is 1. The molecule has 0 spiro atoms. The largest absolute Gasteiger partial charge is 0.485 e. The van der Waals surface area contributed by atoms with Crippen molar-refractivity contribution in [3.63, 3.8) is 0 Å². The van der Waals surface area contributed by atoms with Crippen molar-refractivity contribution >= 4 is 5.78 Å². The first kappa shape index (κ1) is 18.3. The van der Waals surface area contributed by atoms with Gasteiger partial charge in [-0.25, -0.2) is 8.78 Å². The Labute approximate surface area is 160 Å². The summed E-state index contributed by atoms with van der Waals surface area (Å²) in [5.41, 5.74) is 4.70. The highest BCUT2D eigenvalue weighted by molar-refractivity contribution is 6.03. The molecule has 0 aliphatic carbocycles. The lowest BCUT2D eigenvalue weighted by Gasteiger charge is -2.14. The summed E-state index contributed by atoms with van der Waals surface area (Å²) in [6, 6.07) is 11.5. The van der Waals surface area contributed by atoms with Crippen LogP contribution in [0.1, 0.15) is 27.2 Å². The second kappa shape index (κ2) is 7.90. The van der Waals surface area contributed by atoms with Crippen LogP contribution in [0.25, 0.3) is 11.3 Å². The Bertz CT molecular complexity index is 987. The Morgan fingerprint density at radius 3 is 2.75 bits per heavy atom. The van der Waals surface area contributed by atoms with Crippen molar-refractivity contribution in [1.29, 1.82) is 0 Å². The Morgan fingerprint density at radius 1 is 1.14 bits per heavy atom. The second-order valence-corrected chi connectivity index (χ2v) is 6.60. The standard InChI is InChI=1S/C21H19F2N3O2/c22-19(23)12-28-18-11-24-7-6-14(18)21-15(8-13-4-2-1-3-5-13)20-16(26-21)9-25-10-17(20)27/h1-7,11,19,25-26H,8-10,12H2. The summed E-state index contributed by atoms with van der Waals surface area (Å²) < 4.78 is 30.6. The van der Waals surface area contributed by atoms with Crippen LogP contribution in [0.5, 0.6) is 5.75 Å². The van der Waals surface area contributed by atoms with Gasteiger partial charge in [0, 0.05) is 36.0 Å². The fraction of sp³-hybridized carbons (Fsp3) is 0.238.